The number of fused-ring (bicyclic) bond motifs is 1. The maximum atomic E-state index is 8.08. The lowest BCUT2D eigenvalue weighted by Gasteiger charge is -2.20. The van der Waals surface area contributed by atoms with Crippen LogP contribution in [0.4, 0.5) is 0 Å². The summed E-state index contributed by atoms with van der Waals surface area (Å²) in [6.45, 7) is 10.9. The van der Waals surface area contributed by atoms with E-state index in [1.807, 2.05) is 20.0 Å². The molecule has 0 spiro atoms. The minimum Gasteiger partial charge on any atom is -0.366 e. The second kappa shape index (κ2) is 10.5. The van der Waals surface area contributed by atoms with Crippen LogP contribution in [0.1, 0.15) is 65.0 Å². The maximum absolute atomic E-state index is 8.08. The molecule has 0 aromatic carbocycles. The van der Waals surface area contributed by atoms with Gasteiger partial charge in [0, 0.05) is 30.4 Å². The van der Waals surface area contributed by atoms with Crippen LogP contribution >= 0.6 is 11.6 Å². The van der Waals surface area contributed by atoms with Crippen molar-refractivity contribution in [2.45, 2.75) is 72.1 Å². The van der Waals surface area contributed by atoms with Gasteiger partial charge in [-0.2, -0.15) is 4.98 Å². The topological polar surface area (TPSA) is 83.2 Å². The molecule has 2 atom stereocenters. The molecule has 0 bridgehead atoms. The lowest BCUT2D eigenvalue weighted by Crippen LogP contribution is -2.25. The van der Waals surface area contributed by atoms with E-state index in [1.54, 1.807) is 5.57 Å². The van der Waals surface area contributed by atoms with Crippen LogP contribution in [0.25, 0.3) is 11.0 Å². The van der Waals surface area contributed by atoms with Crippen molar-refractivity contribution in [3.8, 4) is 0 Å². The average molecular weight is 423 g/mol. The molecule has 1 fully saturated rings. The van der Waals surface area contributed by atoms with E-state index in [0.29, 0.717) is 17.2 Å². The lowest BCUT2D eigenvalue weighted by molar-refractivity contribution is -0.127. The van der Waals surface area contributed by atoms with E-state index >= 15 is 0 Å². The van der Waals surface area contributed by atoms with E-state index < -0.39 is 5.79 Å². The van der Waals surface area contributed by atoms with Crippen molar-refractivity contribution in [2.24, 2.45) is 5.92 Å². The van der Waals surface area contributed by atoms with Crippen molar-refractivity contribution >= 4 is 22.6 Å². The molecule has 2 unspecified atom stereocenters. The molecule has 0 radical (unpaired) electrons. The van der Waals surface area contributed by atoms with Crippen LogP contribution < -0.4 is 5.32 Å². The van der Waals surface area contributed by atoms with Gasteiger partial charge in [-0.15, -0.1) is 0 Å². The monoisotopic (exact) mass is 422 g/mol. The highest BCUT2D eigenvalue weighted by molar-refractivity contribution is 6.28. The summed E-state index contributed by atoms with van der Waals surface area (Å²) >= 11 is 6.00. The molecule has 0 amide bonds. The molecule has 3 N–H and O–H groups in total. The second-order valence-electron chi connectivity index (χ2n) is 8.00. The van der Waals surface area contributed by atoms with Gasteiger partial charge in [0.25, 0.3) is 0 Å². The molecule has 162 valence electrons. The first-order valence-corrected chi connectivity index (χ1v) is 10.9. The molecule has 1 aliphatic carbocycles. The van der Waals surface area contributed by atoms with Gasteiger partial charge in [-0.3, -0.25) is 0 Å². The molecule has 29 heavy (non-hydrogen) atoms. The van der Waals surface area contributed by atoms with Gasteiger partial charge in [0.15, 0.2) is 5.79 Å². The lowest BCUT2D eigenvalue weighted by atomic mass is 9.94. The van der Waals surface area contributed by atoms with E-state index in [1.165, 1.54) is 45.1 Å². The van der Waals surface area contributed by atoms with Crippen LogP contribution in [0.15, 0.2) is 24.0 Å². The zero-order valence-corrected chi connectivity index (χ0v) is 19.0. The zero-order chi connectivity index (χ0) is 21.6. The van der Waals surface area contributed by atoms with E-state index in [9.17, 15) is 0 Å². The predicted octanol–water partition coefficient (Wildman–Crippen LogP) is 4.39. The Balaban J connectivity index is 0.000000378. The number of aryl methyl sites for hydroxylation is 1. The zero-order valence-electron chi connectivity index (χ0n) is 18.2. The Hall–Kier alpha value is -1.47. The fourth-order valence-electron chi connectivity index (χ4n) is 3.97. The van der Waals surface area contributed by atoms with Crippen LogP contribution in [0.3, 0.4) is 0 Å². The number of halogens is 1. The van der Waals surface area contributed by atoms with E-state index in [0.717, 1.165) is 24.1 Å². The smallest absolute Gasteiger partial charge is 0.224 e. The molecule has 6 nitrogen and oxygen atoms in total. The van der Waals surface area contributed by atoms with Gasteiger partial charge in [-0.05, 0) is 76.1 Å². The molecular formula is C22H35ClN4O2. The first-order valence-electron chi connectivity index (χ1n) is 10.6. The Labute approximate surface area is 179 Å². The van der Waals surface area contributed by atoms with Crippen LogP contribution in [-0.4, -0.2) is 43.6 Å². The second-order valence-corrected chi connectivity index (χ2v) is 8.34. The Kier molecular flexibility index (Phi) is 8.64. The van der Waals surface area contributed by atoms with Crippen molar-refractivity contribution in [3.63, 3.8) is 0 Å². The van der Waals surface area contributed by atoms with Crippen molar-refractivity contribution < 1.29 is 10.2 Å². The van der Waals surface area contributed by atoms with Crippen LogP contribution in [0, 0.1) is 12.8 Å². The van der Waals surface area contributed by atoms with Crippen LogP contribution in [-0.2, 0) is 0 Å². The summed E-state index contributed by atoms with van der Waals surface area (Å²) in [7, 11) is 0. The van der Waals surface area contributed by atoms with Crippen LogP contribution in [0.2, 0.25) is 5.28 Å². The largest absolute Gasteiger partial charge is 0.366 e. The third kappa shape index (κ3) is 6.78. The van der Waals surface area contributed by atoms with Gasteiger partial charge >= 0.3 is 0 Å². The number of rotatable bonds is 2. The van der Waals surface area contributed by atoms with Gasteiger partial charge in [0.05, 0.1) is 0 Å². The Morgan fingerprint density at radius 3 is 2.55 bits per heavy atom. The standard InChI is InChI=1S/C17H21ClN4.C3H8O2.C2H6/c1-11-10-22(16-15(11)9-20-17(18)21-16)14-5-4-12(7-14)13-3-2-6-19-8-13;1-3(2,4)5;1-2/h3,9-10,12,14,19H,2,4-8H2,1H3;4-5H,1-2H3;1-2H3. The van der Waals surface area contributed by atoms with E-state index in [-0.39, 0.29) is 0 Å². The molecule has 1 aliphatic heterocycles. The SMILES string of the molecule is CC.CC(C)(O)O.Cc1cn(C2CCC(C3=CCCNC3)C2)c2nc(Cl)ncc12. The minimum atomic E-state index is -1.50. The van der Waals surface area contributed by atoms with Gasteiger partial charge in [-0.25, -0.2) is 4.98 Å². The highest BCUT2D eigenvalue weighted by Crippen LogP contribution is 2.40. The maximum Gasteiger partial charge on any atom is 0.224 e. The molecule has 4 rings (SSSR count). The molecule has 2 aromatic rings. The summed E-state index contributed by atoms with van der Waals surface area (Å²) in [5, 5.41) is 21.1. The summed E-state index contributed by atoms with van der Waals surface area (Å²) in [5.74, 6) is -0.784. The highest BCUT2D eigenvalue weighted by atomic mass is 35.5. The molecule has 3 heterocycles. The number of aromatic nitrogens is 3. The highest BCUT2D eigenvalue weighted by Gasteiger charge is 2.30. The summed E-state index contributed by atoms with van der Waals surface area (Å²) in [5.41, 5.74) is 3.82. The Morgan fingerprint density at radius 2 is 1.93 bits per heavy atom. The van der Waals surface area contributed by atoms with Crippen molar-refractivity contribution in [1.82, 2.24) is 19.9 Å². The number of hydrogen-bond acceptors (Lipinski definition) is 5. The number of hydrogen-bond donors (Lipinski definition) is 3. The number of nitrogens with one attached hydrogen (secondary N) is 1. The fraction of sp³-hybridized carbons (Fsp3) is 0.636. The number of aliphatic hydroxyl groups is 2. The number of nitrogens with zero attached hydrogens (tertiary/aromatic N) is 3. The summed E-state index contributed by atoms with van der Waals surface area (Å²) in [6.07, 6.45) is 11.4. The molecule has 7 heteroatoms. The van der Waals surface area contributed by atoms with E-state index in [2.05, 4.69) is 39.0 Å². The Bertz CT molecular complexity index is 820. The van der Waals surface area contributed by atoms with Crippen molar-refractivity contribution in [3.05, 3.63) is 34.9 Å². The molecule has 2 aromatic heterocycles. The molecule has 0 saturated heterocycles. The van der Waals surface area contributed by atoms with Gasteiger partial charge < -0.3 is 20.1 Å². The van der Waals surface area contributed by atoms with Gasteiger partial charge in [0.2, 0.25) is 5.28 Å². The quantitative estimate of drug-likeness (QED) is 0.380. The van der Waals surface area contributed by atoms with Gasteiger partial charge in [-0.1, -0.05) is 25.5 Å². The Morgan fingerprint density at radius 1 is 1.24 bits per heavy atom. The summed E-state index contributed by atoms with van der Waals surface area (Å²) in [6, 6.07) is 0.523. The van der Waals surface area contributed by atoms with Gasteiger partial charge in [0.1, 0.15) is 5.65 Å². The van der Waals surface area contributed by atoms with E-state index in [4.69, 9.17) is 21.8 Å². The predicted molar refractivity (Wildman–Crippen MR) is 119 cm³/mol. The average Bonchev–Trinajstić information content (AvgIpc) is 3.28. The van der Waals surface area contributed by atoms with Crippen molar-refractivity contribution in [1.29, 1.82) is 0 Å². The van der Waals surface area contributed by atoms with Crippen molar-refractivity contribution in [2.75, 3.05) is 13.1 Å². The summed E-state index contributed by atoms with van der Waals surface area (Å²) < 4.78 is 2.33. The molecule has 2 aliphatic rings. The normalized spacial score (nSPS) is 21.7. The molecule has 1 saturated carbocycles. The molecular weight excluding hydrogens is 388 g/mol. The third-order valence-corrected chi connectivity index (χ3v) is 5.30. The minimum absolute atomic E-state index is 0.334. The first kappa shape index (κ1) is 23.8. The summed E-state index contributed by atoms with van der Waals surface area (Å²) in [4.78, 5) is 8.59. The first-order chi connectivity index (χ1) is 13.7. The fourth-order valence-corrected chi connectivity index (χ4v) is 4.10. The third-order valence-electron chi connectivity index (χ3n) is 5.12. The van der Waals surface area contributed by atoms with Crippen LogP contribution in [0.5, 0.6) is 0 Å².